The van der Waals surface area contributed by atoms with Gasteiger partial charge in [0.2, 0.25) is 0 Å². The average Bonchev–Trinajstić information content (AvgIpc) is 2.66. The van der Waals surface area contributed by atoms with Gasteiger partial charge in [0.05, 0.1) is 0 Å². The first-order chi connectivity index (χ1) is 7.45. The van der Waals surface area contributed by atoms with Crippen molar-refractivity contribution in [3.63, 3.8) is 0 Å². The van der Waals surface area contributed by atoms with Gasteiger partial charge in [-0.2, -0.15) is 0 Å². The van der Waals surface area contributed by atoms with Crippen LogP contribution in [0.15, 0.2) is 0 Å². The first kappa shape index (κ1) is 11.4. The third-order valence-electron chi connectivity index (χ3n) is 4.04. The Labute approximate surface area is 94.2 Å². The standard InChI is InChI=1S/C13H26N2/c1-2-7-13(6-1)15-11-10-14-9-8-12-4-3-5-12/h12-15H,1-11H2. The molecule has 0 aromatic carbocycles. The third kappa shape index (κ3) is 4.12. The Balaban J connectivity index is 1.35. The summed E-state index contributed by atoms with van der Waals surface area (Å²) in [6.07, 6.45) is 11.5. The zero-order valence-corrected chi connectivity index (χ0v) is 9.93. The maximum atomic E-state index is 3.64. The van der Waals surface area contributed by atoms with Crippen LogP contribution in [0.5, 0.6) is 0 Å². The molecule has 2 saturated carbocycles. The highest BCUT2D eigenvalue weighted by Crippen LogP contribution is 2.28. The van der Waals surface area contributed by atoms with E-state index in [1.54, 1.807) is 0 Å². The van der Waals surface area contributed by atoms with Crippen molar-refractivity contribution >= 4 is 0 Å². The molecule has 2 fully saturated rings. The summed E-state index contributed by atoms with van der Waals surface area (Å²) in [7, 11) is 0. The third-order valence-corrected chi connectivity index (χ3v) is 4.04. The minimum absolute atomic E-state index is 0.832. The predicted molar refractivity (Wildman–Crippen MR) is 65.1 cm³/mol. The molecule has 88 valence electrons. The molecule has 0 bridgehead atoms. The summed E-state index contributed by atoms with van der Waals surface area (Å²) in [5.41, 5.74) is 0. The minimum atomic E-state index is 0.832. The molecule has 2 rings (SSSR count). The molecule has 0 atom stereocenters. The van der Waals surface area contributed by atoms with Crippen LogP contribution in [0.4, 0.5) is 0 Å². The molecule has 2 aliphatic rings. The van der Waals surface area contributed by atoms with E-state index in [1.165, 1.54) is 57.9 Å². The second-order valence-corrected chi connectivity index (χ2v) is 5.27. The summed E-state index contributed by atoms with van der Waals surface area (Å²) in [6, 6.07) is 0.832. The van der Waals surface area contributed by atoms with E-state index in [0.29, 0.717) is 0 Å². The predicted octanol–water partition coefficient (Wildman–Crippen LogP) is 2.30. The van der Waals surface area contributed by atoms with Gasteiger partial charge in [0.1, 0.15) is 0 Å². The monoisotopic (exact) mass is 210 g/mol. The number of hydrogen-bond donors (Lipinski definition) is 2. The Morgan fingerprint density at radius 2 is 1.60 bits per heavy atom. The van der Waals surface area contributed by atoms with Crippen LogP contribution in [-0.2, 0) is 0 Å². The summed E-state index contributed by atoms with van der Waals surface area (Å²) in [5, 5.41) is 7.18. The van der Waals surface area contributed by atoms with Gasteiger partial charge in [-0.3, -0.25) is 0 Å². The highest BCUT2D eigenvalue weighted by Gasteiger charge is 2.16. The SMILES string of the molecule is C1CC(CCNCCNC2CCCC2)C1. The topological polar surface area (TPSA) is 24.1 Å². The van der Waals surface area contributed by atoms with Gasteiger partial charge >= 0.3 is 0 Å². The summed E-state index contributed by atoms with van der Waals surface area (Å²) in [6.45, 7) is 3.55. The summed E-state index contributed by atoms with van der Waals surface area (Å²) < 4.78 is 0. The first-order valence-corrected chi connectivity index (χ1v) is 6.89. The Hall–Kier alpha value is -0.0800. The molecule has 0 aromatic heterocycles. The van der Waals surface area contributed by atoms with Crippen LogP contribution in [0, 0.1) is 5.92 Å². The maximum absolute atomic E-state index is 3.64. The molecule has 2 N–H and O–H groups in total. The fourth-order valence-corrected chi connectivity index (χ4v) is 2.71. The van der Waals surface area contributed by atoms with Gasteiger partial charge in [-0.15, -0.1) is 0 Å². The molecule has 0 aromatic rings. The van der Waals surface area contributed by atoms with Crippen molar-refractivity contribution in [3.8, 4) is 0 Å². The fraction of sp³-hybridized carbons (Fsp3) is 1.00. The Morgan fingerprint density at radius 3 is 2.27 bits per heavy atom. The van der Waals surface area contributed by atoms with Crippen molar-refractivity contribution in [3.05, 3.63) is 0 Å². The van der Waals surface area contributed by atoms with Crippen LogP contribution in [0.3, 0.4) is 0 Å². The molecular formula is C13H26N2. The van der Waals surface area contributed by atoms with Gasteiger partial charge in [-0.1, -0.05) is 32.1 Å². The van der Waals surface area contributed by atoms with Crippen molar-refractivity contribution in [2.24, 2.45) is 5.92 Å². The first-order valence-electron chi connectivity index (χ1n) is 6.89. The van der Waals surface area contributed by atoms with Crippen LogP contribution in [0.1, 0.15) is 51.4 Å². The van der Waals surface area contributed by atoms with Crippen molar-refractivity contribution in [1.29, 1.82) is 0 Å². The van der Waals surface area contributed by atoms with Crippen molar-refractivity contribution < 1.29 is 0 Å². The van der Waals surface area contributed by atoms with E-state index < -0.39 is 0 Å². The number of rotatable bonds is 7. The van der Waals surface area contributed by atoms with Gasteiger partial charge in [0.15, 0.2) is 0 Å². The molecule has 0 saturated heterocycles. The Kier molecular flexibility index (Phi) is 4.94. The van der Waals surface area contributed by atoms with E-state index in [2.05, 4.69) is 10.6 Å². The molecular weight excluding hydrogens is 184 g/mol. The summed E-state index contributed by atoms with van der Waals surface area (Å²) in [5.74, 6) is 1.06. The lowest BCUT2D eigenvalue weighted by Gasteiger charge is -2.25. The van der Waals surface area contributed by atoms with Crippen LogP contribution >= 0.6 is 0 Å². The second kappa shape index (κ2) is 6.49. The molecule has 2 nitrogen and oxygen atoms in total. The molecule has 2 heteroatoms. The van der Waals surface area contributed by atoms with Crippen molar-refractivity contribution in [2.75, 3.05) is 19.6 Å². The Morgan fingerprint density at radius 1 is 0.800 bits per heavy atom. The number of hydrogen-bond acceptors (Lipinski definition) is 2. The van der Waals surface area contributed by atoms with E-state index in [1.807, 2.05) is 0 Å². The summed E-state index contributed by atoms with van der Waals surface area (Å²) in [4.78, 5) is 0. The molecule has 0 heterocycles. The molecule has 0 aliphatic heterocycles. The molecule has 0 amide bonds. The average molecular weight is 210 g/mol. The van der Waals surface area contributed by atoms with Gasteiger partial charge in [-0.25, -0.2) is 0 Å². The highest BCUT2D eigenvalue weighted by molar-refractivity contribution is 4.74. The maximum Gasteiger partial charge on any atom is 0.00793 e. The van der Waals surface area contributed by atoms with E-state index in [0.717, 1.165) is 25.0 Å². The lowest BCUT2D eigenvalue weighted by atomic mass is 9.83. The van der Waals surface area contributed by atoms with Crippen molar-refractivity contribution in [1.82, 2.24) is 10.6 Å². The largest absolute Gasteiger partial charge is 0.315 e. The van der Waals surface area contributed by atoms with Crippen LogP contribution in [0.25, 0.3) is 0 Å². The molecule has 0 radical (unpaired) electrons. The van der Waals surface area contributed by atoms with Gasteiger partial charge < -0.3 is 10.6 Å². The minimum Gasteiger partial charge on any atom is -0.315 e. The molecule has 2 aliphatic carbocycles. The zero-order chi connectivity index (χ0) is 10.3. The van der Waals surface area contributed by atoms with E-state index in [-0.39, 0.29) is 0 Å². The molecule has 0 unspecified atom stereocenters. The highest BCUT2D eigenvalue weighted by atomic mass is 15.0. The van der Waals surface area contributed by atoms with E-state index in [4.69, 9.17) is 0 Å². The molecule has 0 spiro atoms. The van der Waals surface area contributed by atoms with Crippen LogP contribution < -0.4 is 10.6 Å². The normalized spacial score (nSPS) is 23.2. The number of nitrogens with one attached hydrogen (secondary N) is 2. The van der Waals surface area contributed by atoms with Gasteiger partial charge in [0, 0.05) is 19.1 Å². The van der Waals surface area contributed by atoms with Crippen LogP contribution in [0.2, 0.25) is 0 Å². The van der Waals surface area contributed by atoms with Gasteiger partial charge in [-0.05, 0) is 31.7 Å². The smallest absolute Gasteiger partial charge is 0.00793 e. The summed E-state index contributed by atoms with van der Waals surface area (Å²) >= 11 is 0. The lowest BCUT2D eigenvalue weighted by molar-refractivity contribution is 0.292. The van der Waals surface area contributed by atoms with Crippen LogP contribution in [-0.4, -0.2) is 25.7 Å². The van der Waals surface area contributed by atoms with Gasteiger partial charge in [0.25, 0.3) is 0 Å². The van der Waals surface area contributed by atoms with Crippen molar-refractivity contribution in [2.45, 2.75) is 57.4 Å². The zero-order valence-electron chi connectivity index (χ0n) is 9.93. The second-order valence-electron chi connectivity index (χ2n) is 5.27. The quantitative estimate of drug-likeness (QED) is 0.630. The lowest BCUT2D eigenvalue weighted by Crippen LogP contribution is -2.34. The fourth-order valence-electron chi connectivity index (χ4n) is 2.71. The Bertz CT molecular complexity index is 160. The van der Waals surface area contributed by atoms with E-state index in [9.17, 15) is 0 Å². The van der Waals surface area contributed by atoms with E-state index >= 15 is 0 Å². The molecule has 15 heavy (non-hydrogen) atoms.